The van der Waals surface area contributed by atoms with Crippen LogP contribution < -0.4 is 4.90 Å². The number of halogens is 3. The van der Waals surface area contributed by atoms with E-state index in [1.54, 1.807) is 11.1 Å². The van der Waals surface area contributed by atoms with Crippen LogP contribution in [0.3, 0.4) is 0 Å². The molecular formula is C19H18F3N3O2. The van der Waals surface area contributed by atoms with E-state index >= 15 is 0 Å². The van der Waals surface area contributed by atoms with E-state index in [1.807, 2.05) is 4.68 Å². The Bertz CT molecular complexity index is 902. The summed E-state index contributed by atoms with van der Waals surface area (Å²) >= 11 is 0. The second-order valence-corrected chi connectivity index (χ2v) is 7.05. The van der Waals surface area contributed by atoms with Gasteiger partial charge in [0.25, 0.3) is 0 Å². The first-order valence-corrected chi connectivity index (χ1v) is 8.95. The summed E-state index contributed by atoms with van der Waals surface area (Å²) in [4.78, 5) is 26.4. The van der Waals surface area contributed by atoms with Gasteiger partial charge in [-0.05, 0) is 30.5 Å². The molecule has 1 atom stereocenters. The molecule has 2 aliphatic heterocycles. The Morgan fingerprint density at radius 2 is 1.93 bits per heavy atom. The highest BCUT2D eigenvalue weighted by molar-refractivity contribution is 5.96. The largest absolute Gasteiger partial charge is 0.309 e. The highest BCUT2D eigenvalue weighted by Crippen LogP contribution is 2.32. The van der Waals surface area contributed by atoms with E-state index in [-0.39, 0.29) is 29.6 Å². The zero-order valence-corrected chi connectivity index (χ0v) is 14.6. The van der Waals surface area contributed by atoms with Gasteiger partial charge in [0.1, 0.15) is 5.78 Å². The lowest BCUT2D eigenvalue weighted by atomic mass is 9.88. The van der Waals surface area contributed by atoms with Crippen LogP contribution >= 0.6 is 0 Å². The van der Waals surface area contributed by atoms with Crippen molar-refractivity contribution < 1.29 is 22.8 Å². The summed E-state index contributed by atoms with van der Waals surface area (Å²) in [5.74, 6) is -4.57. The first kappa shape index (κ1) is 17.8. The number of carbonyl (C=O) groups excluding carboxylic acids is 2. The maximum Gasteiger partial charge on any atom is 0.227 e. The summed E-state index contributed by atoms with van der Waals surface area (Å²) in [6.45, 7) is 1.18. The topological polar surface area (TPSA) is 55.2 Å². The Hall–Kier alpha value is -2.64. The van der Waals surface area contributed by atoms with Crippen molar-refractivity contribution >= 4 is 17.4 Å². The van der Waals surface area contributed by atoms with Gasteiger partial charge < -0.3 is 4.90 Å². The number of fused-ring (bicyclic) bond motifs is 1. The van der Waals surface area contributed by atoms with Gasteiger partial charge in [0.05, 0.1) is 17.6 Å². The van der Waals surface area contributed by atoms with Gasteiger partial charge in [-0.15, -0.1) is 0 Å². The number of hydrogen-bond acceptors (Lipinski definition) is 3. The minimum atomic E-state index is -1.53. The normalized spacial score (nSPS) is 19.4. The maximum absolute atomic E-state index is 13.4. The number of hydrogen-bond donors (Lipinski definition) is 0. The lowest BCUT2D eigenvalue weighted by Gasteiger charge is -2.25. The van der Waals surface area contributed by atoms with Crippen molar-refractivity contribution in [1.29, 1.82) is 0 Å². The van der Waals surface area contributed by atoms with Crippen molar-refractivity contribution in [2.24, 2.45) is 5.92 Å². The molecule has 3 heterocycles. The first-order valence-electron chi connectivity index (χ1n) is 8.95. The van der Waals surface area contributed by atoms with E-state index in [2.05, 4.69) is 5.10 Å². The summed E-state index contributed by atoms with van der Waals surface area (Å²) in [6, 6.07) is 1.72. The van der Waals surface area contributed by atoms with Crippen molar-refractivity contribution in [3.05, 3.63) is 47.0 Å². The molecule has 0 N–H and O–H groups in total. The number of aryl methyl sites for hydroxylation is 1. The molecule has 2 aliphatic rings. The van der Waals surface area contributed by atoms with Crippen LogP contribution in [0.15, 0.2) is 18.3 Å². The Balaban J connectivity index is 1.51. The van der Waals surface area contributed by atoms with Gasteiger partial charge in [-0.3, -0.25) is 14.3 Å². The van der Waals surface area contributed by atoms with Gasteiger partial charge in [0.15, 0.2) is 17.5 Å². The highest BCUT2D eigenvalue weighted by Gasteiger charge is 2.32. The molecule has 1 unspecified atom stereocenters. The van der Waals surface area contributed by atoms with Crippen molar-refractivity contribution in [3.63, 3.8) is 0 Å². The molecule has 0 bridgehead atoms. The smallest absolute Gasteiger partial charge is 0.227 e. The molecule has 2 aromatic rings. The number of aromatic nitrogens is 2. The van der Waals surface area contributed by atoms with Crippen molar-refractivity contribution in [2.45, 2.75) is 38.6 Å². The quantitative estimate of drug-likeness (QED) is 0.770. The predicted molar refractivity (Wildman–Crippen MR) is 90.7 cm³/mol. The SMILES string of the molecule is O=C(Cc1cc(F)c(F)c(F)c1)C1CCn2ncc(N3CCCC3=O)c2C1. The van der Waals surface area contributed by atoms with Crippen LogP contribution in [0.1, 0.15) is 30.5 Å². The molecule has 1 fully saturated rings. The molecule has 4 rings (SSSR count). The molecule has 8 heteroatoms. The van der Waals surface area contributed by atoms with Gasteiger partial charge in [-0.2, -0.15) is 5.10 Å². The van der Waals surface area contributed by atoms with E-state index in [9.17, 15) is 22.8 Å². The van der Waals surface area contributed by atoms with Gasteiger partial charge in [0.2, 0.25) is 5.91 Å². The third kappa shape index (κ3) is 3.24. The molecule has 0 saturated carbocycles. The van der Waals surface area contributed by atoms with Crippen LogP contribution in [0.2, 0.25) is 0 Å². The van der Waals surface area contributed by atoms with Crippen LogP contribution in [-0.4, -0.2) is 28.0 Å². The summed E-state index contributed by atoms with van der Waals surface area (Å²) < 4.78 is 41.6. The minimum absolute atomic E-state index is 0.0523. The molecule has 5 nitrogen and oxygen atoms in total. The zero-order valence-electron chi connectivity index (χ0n) is 14.6. The molecule has 0 spiro atoms. The number of carbonyl (C=O) groups is 2. The third-order valence-electron chi connectivity index (χ3n) is 5.30. The fourth-order valence-corrected chi connectivity index (χ4v) is 3.88. The molecule has 1 amide bonds. The molecular weight excluding hydrogens is 359 g/mol. The van der Waals surface area contributed by atoms with E-state index in [0.29, 0.717) is 32.4 Å². The number of nitrogens with zero attached hydrogens (tertiary/aromatic N) is 3. The van der Waals surface area contributed by atoms with Crippen molar-refractivity contribution in [1.82, 2.24) is 9.78 Å². The molecule has 1 aromatic carbocycles. The average molecular weight is 377 g/mol. The van der Waals surface area contributed by atoms with E-state index < -0.39 is 17.5 Å². The first-order chi connectivity index (χ1) is 12.9. The molecule has 27 heavy (non-hydrogen) atoms. The Labute approximate surface area is 153 Å². The molecule has 1 aromatic heterocycles. The second-order valence-electron chi connectivity index (χ2n) is 7.05. The number of amides is 1. The van der Waals surface area contributed by atoms with Gasteiger partial charge in [0, 0.05) is 38.3 Å². The summed E-state index contributed by atoms with van der Waals surface area (Å²) in [6.07, 6.45) is 3.79. The maximum atomic E-state index is 13.4. The van der Waals surface area contributed by atoms with Crippen LogP contribution in [-0.2, 0) is 29.0 Å². The monoisotopic (exact) mass is 377 g/mol. The van der Waals surface area contributed by atoms with Gasteiger partial charge in [-0.1, -0.05) is 0 Å². The number of benzene rings is 1. The van der Waals surface area contributed by atoms with Gasteiger partial charge >= 0.3 is 0 Å². The third-order valence-corrected chi connectivity index (χ3v) is 5.30. The van der Waals surface area contributed by atoms with Crippen LogP contribution in [0.5, 0.6) is 0 Å². The standard InChI is InChI=1S/C19H18F3N3O2/c20-13-6-11(7-14(21)19(13)22)8-17(26)12-3-5-25-15(9-12)16(10-23-25)24-4-1-2-18(24)27/h6-7,10,12H,1-5,8-9H2. The van der Waals surface area contributed by atoms with Crippen molar-refractivity contribution in [3.8, 4) is 0 Å². The highest BCUT2D eigenvalue weighted by atomic mass is 19.2. The fourth-order valence-electron chi connectivity index (χ4n) is 3.88. The van der Waals surface area contributed by atoms with Crippen molar-refractivity contribution in [2.75, 3.05) is 11.4 Å². The molecule has 1 saturated heterocycles. The number of Topliss-reactive ketones (excluding diaryl/α,β-unsaturated/α-hetero) is 1. The van der Waals surface area contributed by atoms with Crippen LogP contribution in [0, 0.1) is 23.4 Å². The fraction of sp³-hybridized carbons (Fsp3) is 0.421. The predicted octanol–water partition coefficient (Wildman–Crippen LogP) is 2.80. The summed E-state index contributed by atoms with van der Waals surface area (Å²) in [5, 5.41) is 4.32. The molecule has 0 aliphatic carbocycles. The Kier molecular flexibility index (Phi) is 4.49. The number of ketones is 1. The Morgan fingerprint density at radius 3 is 2.59 bits per heavy atom. The number of anilines is 1. The lowest BCUT2D eigenvalue weighted by Crippen LogP contribution is -2.30. The minimum Gasteiger partial charge on any atom is -0.309 e. The lowest BCUT2D eigenvalue weighted by molar-refractivity contribution is -0.122. The van der Waals surface area contributed by atoms with Gasteiger partial charge in [-0.25, -0.2) is 13.2 Å². The number of rotatable bonds is 4. The molecule has 0 radical (unpaired) electrons. The summed E-state index contributed by atoms with van der Waals surface area (Å²) in [5.41, 5.74) is 1.70. The van der Waals surface area contributed by atoms with Crippen LogP contribution in [0.25, 0.3) is 0 Å². The average Bonchev–Trinajstić information content (AvgIpc) is 3.24. The molecule has 142 valence electrons. The zero-order chi connectivity index (χ0) is 19.1. The summed E-state index contributed by atoms with van der Waals surface area (Å²) in [7, 11) is 0. The van der Waals surface area contributed by atoms with E-state index in [1.165, 1.54) is 0 Å². The van der Waals surface area contributed by atoms with E-state index in [4.69, 9.17) is 0 Å². The second kappa shape index (κ2) is 6.83. The van der Waals surface area contributed by atoms with E-state index in [0.717, 1.165) is 29.9 Å². The Morgan fingerprint density at radius 1 is 1.19 bits per heavy atom. The van der Waals surface area contributed by atoms with Crippen LogP contribution in [0.4, 0.5) is 18.9 Å².